The van der Waals surface area contributed by atoms with E-state index >= 15 is 0 Å². The molecule has 0 bridgehead atoms. The summed E-state index contributed by atoms with van der Waals surface area (Å²) in [5.74, 6) is -1.94. The van der Waals surface area contributed by atoms with Gasteiger partial charge in [-0.15, -0.1) is 0 Å². The Morgan fingerprint density at radius 3 is 2.20 bits per heavy atom. The summed E-state index contributed by atoms with van der Waals surface area (Å²) in [4.78, 5) is 0. The monoisotopic (exact) mass is 364 g/mol. The molecular formula is C18H21F5O2. The molecule has 1 fully saturated rings. The predicted octanol–water partition coefficient (Wildman–Crippen LogP) is 5.78. The lowest BCUT2D eigenvalue weighted by Gasteiger charge is -2.29. The van der Waals surface area contributed by atoms with Crippen LogP contribution in [-0.4, -0.2) is 19.4 Å². The lowest BCUT2D eigenvalue weighted by atomic mass is 10.0. The third kappa shape index (κ3) is 6.08. The van der Waals surface area contributed by atoms with Crippen molar-refractivity contribution in [2.75, 3.05) is 13.2 Å². The Hall–Kier alpha value is -1.47. The van der Waals surface area contributed by atoms with E-state index in [2.05, 4.69) is 6.92 Å². The highest BCUT2D eigenvalue weighted by Crippen LogP contribution is 2.30. The molecule has 1 saturated heterocycles. The van der Waals surface area contributed by atoms with Gasteiger partial charge in [-0.2, -0.15) is 13.2 Å². The minimum absolute atomic E-state index is 0.117. The Kier molecular flexibility index (Phi) is 6.95. The molecule has 0 amide bonds. The predicted molar refractivity (Wildman–Crippen MR) is 83.7 cm³/mol. The van der Waals surface area contributed by atoms with Crippen LogP contribution in [0.5, 0.6) is 0 Å². The maximum absolute atomic E-state index is 14.0. The molecule has 0 unspecified atom stereocenters. The number of allylic oxidation sites excluding steroid dienone is 1. The summed E-state index contributed by atoms with van der Waals surface area (Å²) in [6, 6.07) is 1.89. The minimum Gasteiger partial charge on any atom is -0.348 e. The average Bonchev–Trinajstić information content (AvgIpc) is 2.54. The van der Waals surface area contributed by atoms with Crippen LogP contribution >= 0.6 is 0 Å². The van der Waals surface area contributed by atoms with E-state index in [4.69, 9.17) is 9.47 Å². The van der Waals surface area contributed by atoms with Crippen LogP contribution < -0.4 is 0 Å². The van der Waals surface area contributed by atoms with Gasteiger partial charge in [-0.1, -0.05) is 26.2 Å². The summed E-state index contributed by atoms with van der Waals surface area (Å²) < 4.78 is 75.4. The van der Waals surface area contributed by atoms with Gasteiger partial charge in [-0.3, -0.25) is 0 Å². The van der Waals surface area contributed by atoms with Crippen LogP contribution in [0.4, 0.5) is 22.0 Å². The van der Waals surface area contributed by atoms with Gasteiger partial charge in [-0.25, -0.2) is 8.78 Å². The van der Waals surface area contributed by atoms with Gasteiger partial charge in [-0.05, 0) is 24.6 Å². The van der Waals surface area contributed by atoms with Crippen molar-refractivity contribution < 1.29 is 31.4 Å². The molecule has 1 aromatic rings. The minimum atomic E-state index is -4.64. The van der Waals surface area contributed by atoms with Gasteiger partial charge in [0.1, 0.15) is 11.6 Å². The molecule has 1 aliphatic rings. The van der Waals surface area contributed by atoms with E-state index in [1.54, 1.807) is 0 Å². The maximum Gasteiger partial charge on any atom is 0.409 e. The number of benzene rings is 1. The van der Waals surface area contributed by atoms with Crippen molar-refractivity contribution in [2.45, 2.75) is 45.1 Å². The molecule has 7 heteroatoms. The Morgan fingerprint density at radius 2 is 1.68 bits per heavy atom. The van der Waals surface area contributed by atoms with E-state index in [1.165, 1.54) is 0 Å². The first-order valence-corrected chi connectivity index (χ1v) is 8.28. The van der Waals surface area contributed by atoms with Gasteiger partial charge in [0.05, 0.1) is 13.2 Å². The van der Waals surface area contributed by atoms with Crippen molar-refractivity contribution in [3.63, 3.8) is 0 Å². The zero-order valence-electron chi connectivity index (χ0n) is 13.9. The Morgan fingerprint density at radius 1 is 1.08 bits per heavy atom. The number of ether oxygens (including phenoxy) is 2. The molecule has 2 rings (SSSR count). The number of hydrogen-bond donors (Lipinski definition) is 0. The number of hydrogen-bond acceptors (Lipinski definition) is 2. The molecule has 0 aromatic heterocycles. The largest absolute Gasteiger partial charge is 0.409 e. The first-order chi connectivity index (χ1) is 11.8. The Labute approximate surface area is 143 Å². The van der Waals surface area contributed by atoms with E-state index in [1.807, 2.05) is 0 Å². The fourth-order valence-corrected chi connectivity index (χ4v) is 2.66. The number of unbranched alkanes of at least 4 members (excludes halogenated alkanes) is 2. The number of alkyl halides is 3. The van der Waals surface area contributed by atoms with Gasteiger partial charge in [0.15, 0.2) is 6.29 Å². The van der Waals surface area contributed by atoms with Crippen molar-refractivity contribution >= 4 is 6.08 Å². The van der Waals surface area contributed by atoms with Gasteiger partial charge in [0, 0.05) is 23.1 Å². The van der Waals surface area contributed by atoms with Gasteiger partial charge < -0.3 is 9.47 Å². The second-order valence-electron chi connectivity index (χ2n) is 6.13. The van der Waals surface area contributed by atoms with E-state index in [0.29, 0.717) is 19.3 Å². The molecule has 0 spiro atoms. The zero-order chi connectivity index (χ0) is 18.4. The fourth-order valence-electron chi connectivity index (χ4n) is 2.66. The van der Waals surface area contributed by atoms with Crippen LogP contribution in [0.1, 0.15) is 50.0 Å². The molecule has 2 nitrogen and oxygen atoms in total. The molecule has 0 radical (unpaired) electrons. The quantitative estimate of drug-likeness (QED) is 0.470. The molecule has 0 N–H and O–H groups in total. The SMILES string of the molecule is CCCCCC1COC(c2cc(F)c(C=CC(F)(F)F)c(F)c2)OC1. The smallest absolute Gasteiger partial charge is 0.348 e. The average molecular weight is 364 g/mol. The molecule has 1 aliphatic heterocycles. The molecular weight excluding hydrogens is 343 g/mol. The van der Waals surface area contributed by atoms with Gasteiger partial charge >= 0.3 is 6.18 Å². The van der Waals surface area contributed by atoms with Crippen molar-refractivity contribution in [3.8, 4) is 0 Å². The van der Waals surface area contributed by atoms with E-state index in [9.17, 15) is 22.0 Å². The second kappa shape index (κ2) is 8.76. The fraction of sp³-hybridized carbons (Fsp3) is 0.556. The highest BCUT2D eigenvalue weighted by atomic mass is 19.4. The van der Waals surface area contributed by atoms with E-state index in [0.717, 1.165) is 37.8 Å². The van der Waals surface area contributed by atoms with Crippen molar-refractivity contribution in [1.29, 1.82) is 0 Å². The normalized spacial score (nSPS) is 21.8. The van der Waals surface area contributed by atoms with Crippen molar-refractivity contribution in [2.24, 2.45) is 5.92 Å². The van der Waals surface area contributed by atoms with Crippen LogP contribution in [0, 0.1) is 17.6 Å². The zero-order valence-corrected chi connectivity index (χ0v) is 13.9. The first-order valence-electron chi connectivity index (χ1n) is 8.28. The summed E-state index contributed by atoms with van der Waals surface area (Å²) in [6.45, 7) is 2.96. The van der Waals surface area contributed by atoms with Crippen LogP contribution in [-0.2, 0) is 9.47 Å². The van der Waals surface area contributed by atoms with Crippen LogP contribution in [0.3, 0.4) is 0 Å². The first kappa shape index (κ1) is 19.8. The summed E-state index contributed by atoms with van der Waals surface area (Å²) in [6.07, 6.45) is -1.10. The molecule has 25 heavy (non-hydrogen) atoms. The summed E-state index contributed by atoms with van der Waals surface area (Å²) in [5, 5.41) is 0. The molecule has 1 heterocycles. The third-order valence-corrected chi connectivity index (χ3v) is 4.00. The van der Waals surface area contributed by atoms with Crippen LogP contribution in [0.15, 0.2) is 18.2 Å². The summed E-state index contributed by atoms with van der Waals surface area (Å²) >= 11 is 0. The highest BCUT2D eigenvalue weighted by molar-refractivity contribution is 5.52. The van der Waals surface area contributed by atoms with Gasteiger partial charge in [0.2, 0.25) is 0 Å². The summed E-state index contributed by atoms with van der Waals surface area (Å²) in [7, 11) is 0. The van der Waals surface area contributed by atoms with Gasteiger partial charge in [0.25, 0.3) is 0 Å². The summed E-state index contributed by atoms with van der Waals surface area (Å²) in [5.41, 5.74) is -0.625. The Balaban J connectivity index is 2.01. The van der Waals surface area contributed by atoms with E-state index < -0.39 is 29.7 Å². The molecule has 140 valence electrons. The maximum atomic E-state index is 14.0. The molecule has 0 saturated carbocycles. The number of halogens is 5. The highest BCUT2D eigenvalue weighted by Gasteiger charge is 2.26. The second-order valence-corrected chi connectivity index (χ2v) is 6.13. The standard InChI is InChI=1S/C18H21F5O2/c1-2-3-4-5-12-10-24-17(25-11-12)13-8-15(19)14(16(20)9-13)6-7-18(21,22)23/h6-9,12,17H,2-5,10-11H2,1H3. The van der Waals surface area contributed by atoms with Crippen LogP contribution in [0.25, 0.3) is 6.08 Å². The lowest BCUT2D eigenvalue weighted by Crippen LogP contribution is -2.27. The third-order valence-electron chi connectivity index (χ3n) is 4.00. The number of rotatable bonds is 6. The van der Waals surface area contributed by atoms with Crippen molar-refractivity contribution in [3.05, 3.63) is 41.0 Å². The molecule has 0 atom stereocenters. The molecule has 0 aliphatic carbocycles. The molecule has 1 aromatic carbocycles. The Bertz CT molecular complexity index is 567. The van der Waals surface area contributed by atoms with Crippen LogP contribution in [0.2, 0.25) is 0 Å². The topological polar surface area (TPSA) is 18.5 Å². The van der Waals surface area contributed by atoms with E-state index in [-0.39, 0.29) is 17.6 Å². The lowest BCUT2D eigenvalue weighted by molar-refractivity contribution is -0.206. The van der Waals surface area contributed by atoms with Crippen molar-refractivity contribution in [1.82, 2.24) is 0 Å².